The molecule has 1 aromatic rings. The zero-order valence-corrected chi connectivity index (χ0v) is 11.5. The van der Waals surface area contributed by atoms with Crippen molar-refractivity contribution >= 4 is 28.6 Å². The van der Waals surface area contributed by atoms with Crippen LogP contribution in [-0.4, -0.2) is 11.1 Å². The Kier molecular flexibility index (Phi) is 3.52. The molecule has 1 aromatic carbocycles. The Morgan fingerprint density at radius 1 is 1.50 bits per heavy atom. The first-order valence-corrected chi connectivity index (χ1v) is 6.77. The minimum Gasteiger partial charge on any atom is -0.478 e. The van der Waals surface area contributed by atoms with E-state index >= 15 is 0 Å². The van der Waals surface area contributed by atoms with Crippen LogP contribution < -0.4 is 0 Å². The number of benzene rings is 1. The first kappa shape index (κ1) is 11.9. The maximum absolute atomic E-state index is 11.1. The highest BCUT2D eigenvalue weighted by Crippen LogP contribution is 2.39. The lowest BCUT2D eigenvalue weighted by Crippen LogP contribution is -2.13. The van der Waals surface area contributed by atoms with Crippen LogP contribution in [0.1, 0.15) is 53.6 Å². The van der Waals surface area contributed by atoms with E-state index in [1.165, 1.54) is 24.8 Å². The number of aromatic carboxylic acids is 1. The molecule has 86 valence electrons. The lowest BCUT2D eigenvalue weighted by atomic mass is 9.79. The molecule has 2 nitrogen and oxygen atoms in total. The van der Waals surface area contributed by atoms with Crippen LogP contribution in [0, 0.1) is 3.57 Å². The molecule has 2 rings (SSSR count). The molecule has 1 N–H and O–H groups in total. The van der Waals surface area contributed by atoms with Crippen LogP contribution in [0.2, 0.25) is 0 Å². The molecule has 1 aliphatic carbocycles. The smallest absolute Gasteiger partial charge is 0.335 e. The normalized spacial score (nSPS) is 15.9. The summed E-state index contributed by atoms with van der Waals surface area (Å²) >= 11 is 2.26. The Balaban J connectivity index is 2.45. The van der Waals surface area contributed by atoms with Gasteiger partial charge in [0.05, 0.1) is 5.56 Å². The maximum atomic E-state index is 11.1. The summed E-state index contributed by atoms with van der Waals surface area (Å²) < 4.78 is 1.11. The van der Waals surface area contributed by atoms with Gasteiger partial charge >= 0.3 is 5.97 Å². The third-order valence-corrected chi connectivity index (χ3v) is 4.31. The number of carboxylic acid groups (broad SMARTS) is 1. The van der Waals surface area contributed by atoms with Crippen molar-refractivity contribution in [1.29, 1.82) is 0 Å². The minimum absolute atomic E-state index is 0.468. The van der Waals surface area contributed by atoms with E-state index in [1.807, 2.05) is 13.0 Å². The van der Waals surface area contributed by atoms with Crippen molar-refractivity contribution in [1.82, 2.24) is 0 Å². The molecule has 0 aliphatic heterocycles. The van der Waals surface area contributed by atoms with Gasteiger partial charge in [-0.05, 0) is 65.0 Å². The molecule has 0 heterocycles. The van der Waals surface area contributed by atoms with Crippen molar-refractivity contribution in [3.05, 3.63) is 32.4 Å². The molecule has 0 amide bonds. The molecular formula is C13H15IO2. The second-order valence-corrected chi connectivity index (χ2v) is 5.48. The number of hydrogen-bond donors (Lipinski definition) is 1. The van der Waals surface area contributed by atoms with E-state index in [2.05, 4.69) is 28.7 Å². The Labute approximate surface area is 109 Å². The number of aryl methyl sites for hydroxylation is 1. The zero-order valence-electron chi connectivity index (χ0n) is 9.29. The fourth-order valence-corrected chi connectivity index (χ4v) is 3.07. The van der Waals surface area contributed by atoms with Gasteiger partial charge < -0.3 is 5.11 Å². The minimum atomic E-state index is -0.810. The average Bonchev–Trinajstić information content (AvgIpc) is 2.17. The number of rotatable bonds is 3. The van der Waals surface area contributed by atoms with Gasteiger partial charge in [-0.1, -0.05) is 19.4 Å². The van der Waals surface area contributed by atoms with Crippen molar-refractivity contribution in [3.63, 3.8) is 0 Å². The first-order valence-electron chi connectivity index (χ1n) is 5.69. The highest BCUT2D eigenvalue weighted by molar-refractivity contribution is 14.1. The van der Waals surface area contributed by atoms with Gasteiger partial charge in [0, 0.05) is 3.57 Å². The van der Waals surface area contributed by atoms with Crippen LogP contribution in [0.4, 0.5) is 0 Å². The van der Waals surface area contributed by atoms with Crippen molar-refractivity contribution in [2.45, 2.75) is 38.5 Å². The van der Waals surface area contributed by atoms with Crippen LogP contribution in [0.3, 0.4) is 0 Å². The highest BCUT2D eigenvalue weighted by atomic mass is 127. The van der Waals surface area contributed by atoms with Gasteiger partial charge in [0.25, 0.3) is 0 Å². The highest BCUT2D eigenvalue weighted by Gasteiger charge is 2.23. The Morgan fingerprint density at radius 3 is 2.62 bits per heavy atom. The SMILES string of the molecule is CCc1cc(C2CCC2)c(I)cc1C(=O)O. The molecule has 0 atom stereocenters. The topological polar surface area (TPSA) is 37.3 Å². The maximum Gasteiger partial charge on any atom is 0.335 e. The molecule has 16 heavy (non-hydrogen) atoms. The Hall–Kier alpha value is -0.580. The molecule has 1 fully saturated rings. The number of hydrogen-bond acceptors (Lipinski definition) is 1. The van der Waals surface area contributed by atoms with Gasteiger partial charge in [-0.2, -0.15) is 0 Å². The molecule has 0 aromatic heterocycles. The lowest BCUT2D eigenvalue weighted by Gasteiger charge is -2.27. The van der Waals surface area contributed by atoms with E-state index < -0.39 is 5.97 Å². The largest absolute Gasteiger partial charge is 0.478 e. The van der Waals surface area contributed by atoms with Gasteiger partial charge in [-0.15, -0.1) is 0 Å². The zero-order chi connectivity index (χ0) is 11.7. The summed E-state index contributed by atoms with van der Waals surface area (Å²) in [5.74, 6) is -0.144. The Morgan fingerprint density at radius 2 is 2.19 bits per heavy atom. The molecule has 0 radical (unpaired) electrons. The summed E-state index contributed by atoms with van der Waals surface area (Å²) in [6.07, 6.45) is 4.61. The molecule has 3 heteroatoms. The van der Waals surface area contributed by atoms with Crippen molar-refractivity contribution in [2.75, 3.05) is 0 Å². The fraction of sp³-hybridized carbons (Fsp3) is 0.462. The predicted molar refractivity (Wildman–Crippen MR) is 72.1 cm³/mol. The van der Waals surface area contributed by atoms with Gasteiger partial charge in [0.2, 0.25) is 0 Å². The number of carboxylic acids is 1. The van der Waals surface area contributed by atoms with Crippen LogP contribution >= 0.6 is 22.6 Å². The summed E-state index contributed by atoms with van der Waals surface area (Å²) in [6, 6.07) is 3.93. The predicted octanol–water partition coefficient (Wildman–Crippen LogP) is 3.82. The van der Waals surface area contributed by atoms with Crippen LogP contribution in [0.25, 0.3) is 0 Å². The fourth-order valence-electron chi connectivity index (χ4n) is 2.16. The van der Waals surface area contributed by atoms with E-state index in [1.54, 1.807) is 0 Å². The summed E-state index contributed by atoms with van der Waals surface area (Å²) in [4.78, 5) is 11.1. The average molecular weight is 330 g/mol. The van der Waals surface area contributed by atoms with Gasteiger partial charge in [-0.3, -0.25) is 0 Å². The van der Waals surface area contributed by atoms with Crippen LogP contribution in [0.15, 0.2) is 12.1 Å². The first-order chi connectivity index (χ1) is 7.63. The van der Waals surface area contributed by atoms with E-state index in [4.69, 9.17) is 5.11 Å². The monoisotopic (exact) mass is 330 g/mol. The van der Waals surface area contributed by atoms with Gasteiger partial charge in [0.1, 0.15) is 0 Å². The van der Waals surface area contributed by atoms with Crippen molar-refractivity contribution in [3.8, 4) is 0 Å². The molecular weight excluding hydrogens is 315 g/mol. The molecule has 0 spiro atoms. The number of halogens is 1. The van der Waals surface area contributed by atoms with Crippen molar-refractivity contribution in [2.24, 2.45) is 0 Å². The van der Waals surface area contributed by atoms with E-state index in [-0.39, 0.29) is 0 Å². The standard InChI is InChI=1S/C13H15IO2/c1-2-8-6-10(9-4-3-5-9)12(14)7-11(8)13(15)16/h6-7,9H,2-5H2,1H3,(H,15,16). The van der Waals surface area contributed by atoms with Gasteiger partial charge in [0.15, 0.2) is 0 Å². The summed E-state index contributed by atoms with van der Waals surface area (Å²) in [6.45, 7) is 2.01. The van der Waals surface area contributed by atoms with E-state index in [9.17, 15) is 4.79 Å². The van der Waals surface area contributed by atoms with Crippen LogP contribution in [-0.2, 0) is 6.42 Å². The summed E-state index contributed by atoms with van der Waals surface area (Å²) in [5, 5.41) is 9.12. The molecule has 0 bridgehead atoms. The van der Waals surface area contributed by atoms with E-state index in [0.717, 1.165) is 15.6 Å². The third kappa shape index (κ3) is 2.10. The lowest BCUT2D eigenvalue weighted by molar-refractivity contribution is 0.0695. The quantitative estimate of drug-likeness (QED) is 0.856. The number of carbonyl (C=O) groups is 1. The van der Waals surface area contributed by atoms with Crippen molar-refractivity contribution < 1.29 is 9.90 Å². The van der Waals surface area contributed by atoms with E-state index in [0.29, 0.717) is 11.5 Å². The Bertz CT molecular complexity index is 422. The third-order valence-electron chi connectivity index (χ3n) is 3.38. The summed E-state index contributed by atoms with van der Waals surface area (Å²) in [5.41, 5.74) is 2.79. The molecule has 1 aliphatic rings. The second-order valence-electron chi connectivity index (χ2n) is 4.32. The molecule has 1 saturated carbocycles. The second kappa shape index (κ2) is 4.73. The molecule has 0 saturated heterocycles. The summed E-state index contributed by atoms with van der Waals surface area (Å²) in [7, 11) is 0. The van der Waals surface area contributed by atoms with Crippen LogP contribution in [0.5, 0.6) is 0 Å². The van der Waals surface area contributed by atoms with Gasteiger partial charge in [-0.25, -0.2) is 4.79 Å². The molecule has 0 unspecified atom stereocenters.